The Morgan fingerprint density at radius 2 is 1.66 bits per heavy atom. The molecule has 2 amide bonds. The van der Waals surface area contributed by atoms with Crippen LogP contribution in [0.5, 0.6) is 5.75 Å². The number of ether oxygens (including phenoxy) is 1. The van der Waals surface area contributed by atoms with Gasteiger partial charge in [-0.05, 0) is 49.0 Å². The second kappa shape index (κ2) is 10.0. The van der Waals surface area contributed by atoms with Gasteiger partial charge >= 0.3 is 0 Å². The first kappa shape index (κ1) is 22.4. The lowest BCUT2D eigenvalue weighted by Crippen LogP contribution is -2.34. The molecule has 0 fully saturated rings. The van der Waals surface area contributed by atoms with E-state index in [1.54, 1.807) is 42.5 Å². The first-order valence-corrected chi connectivity index (χ1v) is 9.87. The van der Waals surface area contributed by atoms with E-state index in [0.717, 1.165) is 6.42 Å². The van der Waals surface area contributed by atoms with Gasteiger partial charge in [0.05, 0.1) is 12.2 Å². The van der Waals surface area contributed by atoms with Crippen LogP contribution in [0.15, 0.2) is 48.5 Å². The van der Waals surface area contributed by atoms with Gasteiger partial charge in [-0.25, -0.2) is 0 Å². The Labute approximate surface area is 177 Å². The van der Waals surface area contributed by atoms with E-state index in [1.165, 1.54) is 0 Å². The van der Waals surface area contributed by atoms with E-state index in [4.69, 9.17) is 17.0 Å². The zero-order chi connectivity index (χ0) is 21.4. The van der Waals surface area contributed by atoms with E-state index >= 15 is 0 Å². The molecule has 0 heterocycles. The number of anilines is 2. The van der Waals surface area contributed by atoms with Gasteiger partial charge < -0.3 is 15.4 Å². The van der Waals surface area contributed by atoms with Crippen LogP contribution in [0.1, 0.15) is 44.5 Å². The fraction of sp³-hybridized carbons (Fsp3) is 0.318. The van der Waals surface area contributed by atoms with Crippen molar-refractivity contribution >= 4 is 40.5 Å². The Balaban J connectivity index is 2.02. The van der Waals surface area contributed by atoms with Crippen LogP contribution < -0.4 is 20.7 Å². The van der Waals surface area contributed by atoms with Gasteiger partial charge in [-0.1, -0.05) is 45.9 Å². The highest BCUT2D eigenvalue weighted by molar-refractivity contribution is 7.80. The maximum Gasteiger partial charge on any atom is 0.261 e. The maximum absolute atomic E-state index is 12.6. The summed E-state index contributed by atoms with van der Waals surface area (Å²) in [5.74, 6) is 0.0714. The van der Waals surface area contributed by atoms with Crippen molar-refractivity contribution in [3.05, 3.63) is 54.1 Å². The van der Waals surface area contributed by atoms with Crippen molar-refractivity contribution in [2.75, 3.05) is 17.2 Å². The SMILES string of the molecule is CCCOc1ccccc1C(=O)NC(=S)Nc1cccc(NC(=O)C(C)(C)C)c1. The van der Waals surface area contributed by atoms with Crippen LogP contribution in [-0.4, -0.2) is 23.5 Å². The van der Waals surface area contributed by atoms with Crippen molar-refractivity contribution in [3.63, 3.8) is 0 Å². The average molecular weight is 414 g/mol. The molecule has 0 aliphatic carbocycles. The van der Waals surface area contributed by atoms with Gasteiger partial charge in [-0.3, -0.25) is 14.9 Å². The number of para-hydroxylation sites is 1. The molecule has 2 aromatic rings. The monoisotopic (exact) mass is 413 g/mol. The van der Waals surface area contributed by atoms with E-state index < -0.39 is 5.41 Å². The van der Waals surface area contributed by atoms with Gasteiger partial charge in [0.25, 0.3) is 5.91 Å². The summed E-state index contributed by atoms with van der Waals surface area (Å²) in [5.41, 5.74) is 1.20. The predicted molar refractivity (Wildman–Crippen MR) is 120 cm³/mol. The van der Waals surface area contributed by atoms with Crippen LogP contribution in [-0.2, 0) is 4.79 Å². The number of carbonyl (C=O) groups excluding carboxylic acids is 2. The van der Waals surface area contributed by atoms with E-state index in [0.29, 0.717) is 29.3 Å². The fourth-order valence-corrected chi connectivity index (χ4v) is 2.53. The number of hydrogen-bond acceptors (Lipinski definition) is 4. The molecule has 0 bridgehead atoms. The molecule has 6 nitrogen and oxygen atoms in total. The van der Waals surface area contributed by atoms with Gasteiger partial charge in [0.2, 0.25) is 5.91 Å². The number of amides is 2. The third kappa shape index (κ3) is 6.87. The molecule has 154 valence electrons. The molecule has 0 radical (unpaired) electrons. The minimum Gasteiger partial charge on any atom is -0.493 e. The van der Waals surface area contributed by atoms with Crippen LogP contribution in [0.2, 0.25) is 0 Å². The minimum absolute atomic E-state index is 0.0887. The molecule has 0 saturated heterocycles. The van der Waals surface area contributed by atoms with Crippen molar-refractivity contribution in [2.45, 2.75) is 34.1 Å². The number of carbonyl (C=O) groups is 2. The molecule has 0 aliphatic heterocycles. The highest BCUT2D eigenvalue weighted by atomic mass is 32.1. The number of nitrogens with one attached hydrogen (secondary N) is 3. The Hall–Kier alpha value is -2.93. The molecule has 2 rings (SSSR count). The summed E-state index contributed by atoms with van der Waals surface area (Å²) in [6.45, 7) is 8.06. The Bertz CT molecular complexity index is 891. The maximum atomic E-state index is 12.6. The van der Waals surface area contributed by atoms with Gasteiger partial charge in [0, 0.05) is 16.8 Å². The lowest BCUT2D eigenvalue weighted by molar-refractivity contribution is -0.123. The van der Waals surface area contributed by atoms with Crippen LogP contribution in [0.3, 0.4) is 0 Å². The van der Waals surface area contributed by atoms with E-state index in [1.807, 2.05) is 33.8 Å². The normalized spacial score (nSPS) is 10.8. The highest BCUT2D eigenvalue weighted by Crippen LogP contribution is 2.21. The lowest BCUT2D eigenvalue weighted by atomic mass is 9.95. The van der Waals surface area contributed by atoms with Crippen molar-refractivity contribution in [1.82, 2.24) is 5.32 Å². The molecule has 2 aromatic carbocycles. The van der Waals surface area contributed by atoms with Crippen molar-refractivity contribution < 1.29 is 14.3 Å². The zero-order valence-electron chi connectivity index (χ0n) is 17.2. The summed E-state index contributed by atoms with van der Waals surface area (Å²) < 4.78 is 5.62. The summed E-state index contributed by atoms with van der Waals surface area (Å²) in [5, 5.41) is 8.64. The number of hydrogen-bond donors (Lipinski definition) is 3. The molecule has 0 unspecified atom stereocenters. The molecule has 0 saturated carbocycles. The van der Waals surface area contributed by atoms with E-state index in [9.17, 15) is 9.59 Å². The van der Waals surface area contributed by atoms with Gasteiger partial charge in [-0.15, -0.1) is 0 Å². The summed E-state index contributed by atoms with van der Waals surface area (Å²) in [6.07, 6.45) is 0.845. The standard InChI is InChI=1S/C22H27N3O3S/c1-5-13-28-18-12-7-6-11-17(18)19(26)25-21(29)24-16-10-8-9-15(14-16)23-20(27)22(2,3)4/h6-12,14H,5,13H2,1-4H3,(H,23,27)(H2,24,25,26,29). The van der Waals surface area contributed by atoms with Crippen LogP contribution in [0, 0.1) is 5.41 Å². The smallest absolute Gasteiger partial charge is 0.261 e. The van der Waals surface area contributed by atoms with Gasteiger partial charge in [-0.2, -0.15) is 0 Å². The summed E-state index contributed by atoms with van der Waals surface area (Å²) in [4.78, 5) is 24.7. The first-order valence-electron chi connectivity index (χ1n) is 9.46. The number of benzene rings is 2. The molecule has 29 heavy (non-hydrogen) atoms. The van der Waals surface area contributed by atoms with Crippen LogP contribution in [0.25, 0.3) is 0 Å². The molecule has 7 heteroatoms. The molecule has 0 aromatic heterocycles. The topological polar surface area (TPSA) is 79.5 Å². The van der Waals surface area contributed by atoms with Crippen LogP contribution >= 0.6 is 12.2 Å². The summed E-state index contributed by atoms with van der Waals surface area (Å²) in [7, 11) is 0. The predicted octanol–water partition coefficient (Wildman–Crippen LogP) is 4.59. The molecular weight excluding hydrogens is 386 g/mol. The number of rotatable bonds is 6. The van der Waals surface area contributed by atoms with Crippen molar-refractivity contribution in [1.29, 1.82) is 0 Å². The van der Waals surface area contributed by atoms with Crippen molar-refractivity contribution in [3.8, 4) is 5.75 Å². The highest BCUT2D eigenvalue weighted by Gasteiger charge is 2.21. The lowest BCUT2D eigenvalue weighted by Gasteiger charge is -2.18. The fourth-order valence-electron chi connectivity index (χ4n) is 2.32. The van der Waals surface area contributed by atoms with Gasteiger partial charge in [0.1, 0.15) is 5.75 Å². The summed E-state index contributed by atoms with van der Waals surface area (Å²) >= 11 is 5.26. The second-order valence-electron chi connectivity index (χ2n) is 7.54. The average Bonchev–Trinajstić information content (AvgIpc) is 2.66. The molecule has 0 atom stereocenters. The molecule has 3 N–H and O–H groups in total. The number of thiocarbonyl (C=S) groups is 1. The quantitative estimate of drug-likeness (QED) is 0.604. The summed E-state index contributed by atoms with van der Waals surface area (Å²) in [6, 6.07) is 14.1. The second-order valence-corrected chi connectivity index (χ2v) is 7.95. The van der Waals surface area contributed by atoms with E-state index in [-0.39, 0.29) is 16.9 Å². The van der Waals surface area contributed by atoms with Crippen molar-refractivity contribution in [2.24, 2.45) is 5.41 Å². The minimum atomic E-state index is -0.500. The molecular formula is C22H27N3O3S. The van der Waals surface area contributed by atoms with E-state index in [2.05, 4.69) is 16.0 Å². The Kier molecular flexibility index (Phi) is 7.73. The Morgan fingerprint density at radius 3 is 2.31 bits per heavy atom. The third-order valence-corrected chi connectivity index (χ3v) is 4.08. The van der Waals surface area contributed by atoms with Crippen LogP contribution in [0.4, 0.5) is 11.4 Å². The molecule has 0 aliphatic rings. The Morgan fingerprint density at radius 1 is 1.00 bits per heavy atom. The third-order valence-electron chi connectivity index (χ3n) is 3.88. The zero-order valence-corrected chi connectivity index (χ0v) is 18.0. The molecule has 0 spiro atoms. The largest absolute Gasteiger partial charge is 0.493 e. The van der Waals surface area contributed by atoms with Gasteiger partial charge in [0.15, 0.2) is 5.11 Å². The first-order chi connectivity index (χ1) is 13.7.